The van der Waals surface area contributed by atoms with Crippen LogP contribution in [0.25, 0.3) is 0 Å². The lowest BCUT2D eigenvalue weighted by molar-refractivity contribution is -0.121. The zero-order chi connectivity index (χ0) is 50.6. The molecule has 0 saturated carbocycles. The predicted octanol–water partition coefficient (Wildman–Crippen LogP) is 22.0. The van der Waals surface area contributed by atoms with E-state index in [1.165, 1.54) is 295 Å². The Kier molecular flexibility index (Phi) is 60.6. The van der Waals surface area contributed by atoms with Crippen molar-refractivity contribution in [1.29, 1.82) is 0 Å². The first-order chi connectivity index (χ1) is 34.6. The molecule has 0 radical (unpaired) electrons. The van der Waals surface area contributed by atoms with Crippen LogP contribution in [0.1, 0.15) is 373 Å². The third-order valence-corrected chi connectivity index (χ3v) is 15.2. The molecule has 0 fully saturated rings. The molecule has 0 aliphatic carbocycles. The van der Waals surface area contributed by atoms with Crippen LogP contribution in [-0.4, -0.2) is 29.4 Å². The molecule has 0 spiro atoms. The summed E-state index contributed by atoms with van der Waals surface area (Å²) < 4.78 is 0. The Morgan fingerprint density at radius 2 is 0.586 bits per heavy atom. The molecule has 1 unspecified atom stereocenters. The summed E-state index contributed by atoms with van der Waals surface area (Å²) in [4.78, 5) is 24.5. The Bertz CT molecular complexity index is 1070. The number of rotatable bonds is 61. The molecule has 70 heavy (non-hydrogen) atoms. The van der Waals surface area contributed by atoms with Gasteiger partial charge in [-0.2, -0.15) is 0 Å². The highest BCUT2D eigenvalue weighted by Crippen LogP contribution is 2.18. The van der Waals surface area contributed by atoms with Gasteiger partial charge in [-0.1, -0.05) is 321 Å². The van der Waals surface area contributed by atoms with Gasteiger partial charge >= 0.3 is 0 Å². The maximum absolute atomic E-state index is 12.3. The van der Waals surface area contributed by atoms with Gasteiger partial charge in [0, 0.05) is 25.8 Å². The molecule has 0 bridgehead atoms. The van der Waals surface area contributed by atoms with E-state index >= 15 is 0 Å². The Morgan fingerprint density at radius 1 is 0.329 bits per heavy atom. The lowest BCUT2D eigenvalue weighted by Gasteiger charge is -2.12. The second-order valence-corrected chi connectivity index (χ2v) is 22.4. The van der Waals surface area contributed by atoms with Crippen molar-refractivity contribution in [2.24, 2.45) is 0 Å². The molecule has 0 aromatic carbocycles. The lowest BCUT2D eigenvalue weighted by Crippen LogP contribution is -2.31. The van der Waals surface area contributed by atoms with E-state index in [1.807, 2.05) is 0 Å². The summed E-state index contributed by atoms with van der Waals surface area (Å²) in [6, 6.07) is 0. The maximum Gasteiger partial charge on any atom is 0.220 e. The minimum atomic E-state index is -0.391. The van der Waals surface area contributed by atoms with Gasteiger partial charge in [-0.05, 0) is 57.8 Å². The average Bonchev–Trinajstić information content (AvgIpc) is 3.36. The molecule has 4 heteroatoms. The van der Waals surface area contributed by atoms with Crippen molar-refractivity contribution in [3.63, 3.8) is 0 Å². The van der Waals surface area contributed by atoms with Crippen molar-refractivity contribution >= 4 is 11.7 Å². The second-order valence-electron chi connectivity index (χ2n) is 22.4. The lowest BCUT2D eigenvalue weighted by atomic mass is 10.0. The quantitative estimate of drug-likeness (QED) is 0.0471. The summed E-state index contributed by atoms with van der Waals surface area (Å²) in [6.07, 6.45) is 81.3. The highest BCUT2D eigenvalue weighted by Gasteiger charge is 2.08. The van der Waals surface area contributed by atoms with Crippen LogP contribution >= 0.6 is 0 Å². The van der Waals surface area contributed by atoms with Crippen LogP contribution in [0.4, 0.5) is 0 Å². The number of unbranched alkanes of at least 4 members (excludes halogenated alkanes) is 47. The van der Waals surface area contributed by atoms with Crippen LogP contribution < -0.4 is 5.32 Å². The number of ketones is 1. The van der Waals surface area contributed by atoms with Crippen molar-refractivity contribution < 1.29 is 14.7 Å². The first-order valence-corrected chi connectivity index (χ1v) is 32.4. The van der Waals surface area contributed by atoms with Gasteiger partial charge in [0.15, 0.2) is 0 Å². The van der Waals surface area contributed by atoms with Crippen molar-refractivity contribution in [2.75, 3.05) is 6.54 Å². The SMILES string of the molecule is CCCCCC=CCC=CCCCCCCCC(=O)CCCCCCCCCCCCCCCCCCCCCCCCCCCCCC(=O)NCC(O)CCCCCCCCCCCCCCCC. The topological polar surface area (TPSA) is 66.4 Å². The number of aliphatic hydroxyl groups excluding tert-OH is 1. The van der Waals surface area contributed by atoms with Crippen LogP contribution in [0.5, 0.6) is 0 Å². The molecule has 0 rings (SSSR count). The van der Waals surface area contributed by atoms with Crippen molar-refractivity contribution in [1.82, 2.24) is 5.32 Å². The molecule has 2 N–H and O–H groups in total. The van der Waals surface area contributed by atoms with Crippen LogP contribution in [0.15, 0.2) is 24.3 Å². The van der Waals surface area contributed by atoms with Gasteiger partial charge in [0.1, 0.15) is 5.78 Å². The monoisotopic (exact) mass is 982 g/mol. The van der Waals surface area contributed by atoms with E-state index in [0.29, 0.717) is 18.7 Å². The molecule has 0 aromatic heterocycles. The van der Waals surface area contributed by atoms with Gasteiger partial charge in [0.2, 0.25) is 5.91 Å². The van der Waals surface area contributed by atoms with Crippen molar-refractivity contribution in [3.8, 4) is 0 Å². The molecule has 4 nitrogen and oxygen atoms in total. The number of nitrogens with one attached hydrogen (secondary N) is 1. The van der Waals surface area contributed by atoms with Gasteiger partial charge < -0.3 is 10.4 Å². The van der Waals surface area contributed by atoms with E-state index in [4.69, 9.17) is 0 Å². The Morgan fingerprint density at radius 3 is 0.929 bits per heavy atom. The van der Waals surface area contributed by atoms with Crippen LogP contribution in [-0.2, 0) is 9.59 Å². The Labute approximate surface area is 440 Å². The third-order valence-electron chi connectivity index (χ3n) is 15.2. The number of hydrogen-bond acceptors (Lipinski definition) is 3. The molecule has 0 aromatic rings. The molecular formula is C66H127NO3. The second kappa shape index (κ2) is 61.9. The highest BCUT2D eigenvalue weighted by molar-refractivity contribution is 5.78. The number of carbonyl (C=O) groups is 2. The average molecular weight is 983 g/mol. The van der Waals surface area contributed by atoms with Crippen molar-refractivity contribution in [2.45, 2.75) is 380 Å². The van der Waals surface area contributed by atoms with Gasteiger partial charge in [0.25, 0.3) is 0 Å². The molecule has 0 heterocycles. The smallest absolute Gasteiger partial charge is 0.220 e. The molecule has 1 atom stereocenters. The fourth-order valence-electron chi connectivity index (χ4n) is 10.3. The minimum Gasteiger partial charge on any atom is -0.391 e. The fraction of sp³-hybridized carbons (Fsp3) is 0.909. The normalized spacial score (nSPS) is 12.3. The number of allylic oxidation sites excluding steroid dienone is 4. The van der Waals surface area contributed by atoms with E-state index in [0.717, 1.165) is 57.8 Å². The van der Waals surface area contributed by atoms with E-state index in [-0.39, 0.29) is 5.91 Å². The first-order valence-electron chi connectivity index (χ1n) is 32.4. The van der Waals surface area contributed by atoms with Gasteiger partial charge in [-0.15, -0.1) is 0 Å². The Hall–Kier alpha value is -1.42. The zero-order valence-electron chi connectivity index (χ0n) is 48.0. The standard InChI is InChI=1S/C66H127NO3/c1-3-5-7-9-11-13-15-17-32-36-39-43-47-51-55-59-64(68)60-56-52-48-44-40-37-33-30-28-26-24-22-20-19-21-23-25-27-29-31-34-38-42-46-50-54-58-62-66(70)67-63-65(69)61-57-53-49-45-41-35-18-16-14-12-10-8-6-4-2/h11,13,17,32,65,69H,3-10,12,14-16,18-31,33-63H2,1-2H3,(H,67,70). The fourth-order valence-corrected chi connectivity index (χ4v) is 10.3. The predicted molar refractivity (Wildman–Crippen MR) is 312 cm³/mol. The largest absolute Gasteiger partial charge is 0.391 e. The molecule has 0 aliphatic heterocycles. The molecule has 414 valence electrons. The van der Waals surface area contributed by atoms with Crippen LogP contribution in [0.2, 0.25) is 0 Å². The molecule has 0 aliphatic rings. The summed E-state index contributed by atoms with van der Waals surface area (Å²) in [7, 11) is 0. The molecular weight excluding hydrogens is 855 g/mol. The summed E-state index contributed by atoms with van der Waals surface area (Å²) >= 11 is 0. The van der Waals surface area contributed by atoms with Crippen molar-refractivity contribution in [3.05, 3.63) is 24.3 Å². The summed E-state index contributed by atoms with van der Waals surface area (Å²) in [5.74, 6) is 0.623. The third kappa shape index (κ3) is 60.9. The first kappa shape index (κ1) is 68.6. The van der Waals surface area contributed by atoms with E-state index in [9.17, 15) is 14.7 Å². The van der Waals surface area contributed by atoms with Gasteiger partial charge in [0.05, 0.1) is 6.10 Å². The van der Waals surface area contributed by atoms with E-state index in [1.54, 1.807) is 0 Å². The van der Waals surface area contributed by atoms with Crippen LogP contribution in [0.3, 0.4) is 0 Å². The molecule has 0 saturated heterocycles. The van der Waals surface area contributed by atoms with Gasteiger partial charge in [-0.3, -0.25) is 9.59 Å². The van der Waals surface area contributed by atoms with E-state index in [2.05, 4.69) is 43.5 Å². The summed E-state index contributed by atoms with van der Waals surface area (Å²) in [5, 5.41) is 13.3. The maximum atomic E-state index is 12.3. The number of carbonyl (C=O) groups excluding carboxylic acids is 2. The number of amides is 1. The summed E-state index contributed by atoms with van der Waals surface area (Å²) in [5.41, 5.74) is 0. The number of hydrogen-bond donors (Lipinski definition) is 2. The number of Topliss-reactive ketones (excluding diaryl/α,β-unsaturated/α-hetero) is 1. The zero-order valence-corrected chi connectivity index (χ0v) is 48.0. The van der Waals surface area contributed by atoms with Gasteiger partial charge in [-0.25, -0.2) is 0 Å². The van der Waals surface area contributed by atoms with Crippen LogP contribution in [0, 0.1) is 0 Å². The number of aliphatic hydroxyl groups is 1. The minimum absolute atomic E-state index is 0.116. The highest BCUT2D eigenvalue weighted by atomic mass is 16.3. The van der Waals surface area contributed by atoms with E-state index < -0.39 is 6.10 Å². The molecule has 1 amide bonds. The Balaban J connectivity index is 3.24. The summed E-state index contributed by atoms with van der Waals surface area (Å²) in [6.45, 7) is 4.97.